The highest BCUT2D eigenvalue weighted by Gasteiger charge is 2.41. The van der Waals surface area contributed by atoms with Crippen molar-refractivity contribution in [1.29, 1.82) is 0 Å². The summed E-state index contributed by atoms with van der Waals surface area (Å²) in [5, 5.41) is 31.0. The normalized spacial score (nSPS) is 22.7. The first-order valence-corrected chi connectivity index (χ1v) is 7.37. The number of aromatic nitrogens is 1. The second-order valence-corrected chi connectivity index (χ2v) is 5.95. The molecule has 1 aromatic heterocycles. The van der Waals surface area contributed by atoms with Crippen LogP contribution >= 0.6 is 0 Å². The predicted molar refractivity (Wildman–Crippen MR) is 83.4 cm³/mol. The highest BCUT2D eigenvalue weighted by Crippen LogP contribution is 2.57. The number of benzene rings is 1. The number of phenols is 1. The Hall–Kier alpha value is -2.62. The lowest BCUT2D eigenvalue weighted by Gasteiger charge is -2.19. The summed E-state index contributed by atoms with van der Waals surface area (Å²) in [6.07, 6.45) is 6.76. The van der Waals surface area contributed by atoms with Crippen LogP contribution in [0.3, 0.4) is 0 Å². The van der Waals surface area contributed by atoms with Crippen LogP contribution in [0.2, 0.25) is 0 Å². The lowest BCUT2D eigenvalue weighted by molar-refractivity contribution is 0.359. The van der Waals surface area contributed by atoms with E-state index in [-0.39, 0.29) is 29.3 Å². The van der Waals surface area contributed by atoms with E-state index in [0.29, 0.717) is 0 Å². The van der Waals surface area contributed by atoms with Crippen molar-refractivity contribution in [3.63, 3.8) is 0 Å². The quantitative estimate of drug-likeness (QED) is 0.759. The molecule has 0 saturated carbocycles. The van der Waals surface area contributed by atoms with E-state index in [1.807, 2.05) is 6.07 Å². The number of fused-ring (bicyclic) bond motifs is 5. The van der Waals surface area contributed by atoms with Gasteiger partial charge in [-0.3, -0.25) is 4.57 Å². The molecule has 1 heterocycles. The van der Waals surface area contributed by atoms with Gasteiger partial charge in [0.2, 0.25) is 0 Å². The number of hydrogen-bond donors (Lipinski definition) is 3. The molecule has 3 unspecified atom stereocenters. The smallest absolute Gasteiger partial charge is 0.198 e. The van der Waals surface area contributed by atoms with Gasteiger partial charge in [-0.05, 0) is 24.1 Å². The summed E-state index contributed by atoms with van der Waals surface area (Å²) in [6, 6.07) is 6.34. The minimum atomic E-state index is -0.433. The Morgan fingerprint density at radius 1 is 1.09 bits per heavy atom. The van der Waals surface area contributed by atoms with Crippen LogP contribution in [0, 0.1) is 0 Å². The van der Waals surface area contributed by atoms with E-state index in [9.17, 15) is 15.3 Å². The van der Waals surface area contributed by atoms with E-state index in [1.165, 1.54) is 4.57 Å². The monoisotopic (exact) mass is 295 g/mol. The van der Waals surface area contributed by atoms with Gasteiger partial charge in [-0.15, -0.1) is 6.58 Å². The maximum atomic E-state index is 10.6. The molecule has 2 aromatic rings. The van der Waals surface area contributed by atoms with E-state index in [0.717, 1.165) is 23.1 Å². The molecule has 1 aromatic carbocycles. The number of phenolic OH excluding ortho intramolecular Hbond substituents is 1. The molecule has 4 heteroatoms. The highest BCUT2D eigenvalue weighted by atomic mass is 16.3. The fourth-order valence-corrected chi connectivity index (χ4v) is 3.82. The topological polar surface area (TPSA) is 65.6 Å². The first-order chi connectivity index (χ1) is 10.6. The van der Waals surface area contributed by atoms with Gasteiger partial charge in [-0.1, -0.05) is 30.4 Å². The summed E-state index contributed by atoms with van der Waals surface area (Å²) in [7, 11) is 0. The molecule has 3 N–H and O–H groups in total. The van der Waals surface area contributed by atoms with Crippen LogP contribution in [0.1, 0.15) is 41.0 Å². The standard InChI is InChI=1S/C18H17NO3/c1-2-14(10-4-3-5-13(20)9-10)19-17(21)15-11-6-7-12(8-11)16(15)18(19)22/h2-7,9,11-12,14,20-22H,1,8H2. The number of allylic oxidation sites excluding steroid dienone is 3. The minimum Gasteiger partial charge on any atom is -0.508 e. The zero-order chi connectivity index (χ0) is 15.4. The molecule has 2 aliphatic carbocycles. The first kappa shape index (κ1) is 13.1. The Balaban J connectivity index is 1.88. The Kier molecular flexibility index (Phi) is 2.64. The molecular weight excluding hydrogens is 278 g/mol. The third-order valence-electron chi connectivity index (χ3n) is 4.77. The van der Waals surface area contributed by atoms with Crippen molar-refractivity contribution in [1.82, 2.24) is 4.57 Å². The maximum Gasteiger partial charge on any atom is 0.198 e. The van der Waals surface area contributed by atoms with Crippen LogP contribution < -0.4 is 0 Å². The van der Waals surface area contributed by atoms with Crippen molar-refractivity contribution in [3.05, 3.63) is 65.8 Å². The molecule has 4 rings (SSSR count). The Labute approximate surface area is 128 Å². The second kappa shape index (κ2) is 4.44. The van der Waals surface area contributed by atoms with Crippen molar-refractivity contribution in [2.75, 3.05) is 0 Å². The zero-order valence-electron chi connectivity index (χ0n) is 12.0. The number of rotatable bonds is 3. The van der Waals surface area contributed by atoms with Gasteiger partial charge in [0.25, 0.3) is 0 Å². The van der Waals surface area contributed by atoms with E-state index >= 15 is 0 Å². The number of hydrogen-bond acceptors (Lipinski definition) is 3. The summed E-state index contributed by atoms with van der Waals surface area (Å²) < 4.78 is 1.50. The third kappa shape index (κ3) is 1.58. The SMILES string of the molecule is C=CC(c1cccc(O)c1)n1c(O)c2c(c1O)C1C=CC2C1. The van der Waals surface area contributed by atoms with Gasteiger partial charge >= 0.3 is 0 Å². The molecule has 0 fully saturated rings. The lowest BCUT2D eigenvalue weighted by atomic mass is 10.0. The zero-order valence-corrected chi connectivity index (χ0v) is 12.0. The minimum absolute atomic E-state index is 0.0950. The molecule has 0 aliphatic heterocycles. The van der Waals surface area contributed by atoms with E-state index in [1.54, 1.807) is 24.3 Å². The molecule has 0 radical (unpaired) electrons. The van der Waals surface area contributed by atoms with Crippen LogP contribution in [0.25, 0.3) is 0 Å². The van der Waals surface area contributed by atoms with Gasteiger partial charge in [0.1, 0.15) is 5.75 Å². The van der Waals surface area contributed by atoms with Crippen LogP contribution in [0.15, 0.2) is 49.1 Å². The number of nitrogens with zero attached hydrogens (tertiary/aromatic N) is 1. The average molecular weight is 295 g/mol. The molecule has 22 heavy (non-hydrogen) atoms. The second-order valence-electron chi connectivity index (χ2n) is 5.95. The molecule has 112 valence electrons. The fraction of sp³-hybridized carbons (Fsp3) is 0.222. The van der Waals surface area contributed by atoms with Gasteiger partial charge in [0.05, 0.1) is 6.04 Å². The number of aromatic hydroxyl groups is 3. The molecule has 0 saturated heterocycles. The summed E-state index contributed by atoms with van der Waals surface area (Å²) in [5.41, 5.74) is 2.42. The van der Waals surface area contributed by atoms with Crippen molar-refractivity contribution >= 4 is 0 Å². The van der Waals surface area contributed by atoms with Gasteiger partial charge in [0, 0.05) is 23.0 Å². The summed E-state index contributed by atoms with van der Waals surface area (Å²) in [6.45, 7) is 3.82. The van der Waals surface area contributed by atoms with Crippen LogP contribution in [0.4, 0.5) is 0 Å². The Morgan fingerprint density at radius 3 is 2.27 bits per heavy atom. The van der Waals surface area contributed by atoms with Crippen LogP contribution in [0.5, 0.6) is 17.5 Å². The van der Waals surface area contributed by atoms with Gasteiger partial charge in [0.15, 0.2) is 11.8 Å². The van der Waals surface area contributed by atoms with Gasteiger partial charge in [-0.25, -0.2) is 0 Å². The lowest BCUT2D eigenvalue weighted by Crippen LogP contribution is -2.08. The van der Waals surface area contributed by atoms with Crippen molar-refractivity contribution < 1.29 is 15.3 Å². The fourth-order valence-electron chi connectivity index (χ4n) is 3.82. The molecule has 2 bridgehead atoms. The van der Waals surface area contributed by atoms with E-state index < -0.39 is 6.04 Å². The molecular formula is C18H17NO3. The van der Waals surface area contributed by atoms with Crippen molar-refractivity contribution in [2.24, 2.45) is 0 Å². The van der Waals surface area contributed by atoms with E-state index in [2.05, 4.69) is 18.7 Å². The first-order valence-electron chi connectivity index (χ1n) is 7.37. The van der Waals surface area contributed by atoms with E-state index in [4.69, 9.17) is 0 Å². The van der Waals surface area contributed by atoms with Gasteiger partial charge in [-0.2, -0.15) is 0 Å². The maximum absolute atomic E-state index is 10.6. The average Bonchev–Trinajstić information content (AvgIpc) is 3.17. The van der Waals surface area contributed by atoms with Gasteiger partial charge < -0.3 is 15.3 Å². The van der Waals surface area contributed by atoms with Crippen molar-refractivity contribution in [3.8, 4) is 17.5 Å². The molecule has 0 amide bonds. The Bertz CT molecular complexity index is 767. The van der Waals surface area contributed by atoms with Crippen molar-refractivity contribution in [2.45, 2.75) is 24.3 Å². The van der Waals surface area contributed by atoms with Crippen LogP contribution in [-0.2, 0) is 0 Å². The predicted octanol–water partition coefficient (Wildman–Crippen LogP) is 3.52. The third-order valence-corrected chi connectivity index (χ3v) is 4.77. The summed E-state index contributed by atoms with van der Waals surface area (Å²) in [5.74, 6) is 0.698. The molecule has 0 spiro atoms. The largest absolute Gasteiger partial charge is 0.508 e. The molecule has 4 nitrogen and oxygen atoms in total. The molecule has 3 atom stereocenters. The van der Waals surface area contributed by atoms with Crippen LogP contribution in [-0.4, -0.2) is 19.9 Å². The highest BCUT2D eigenvalue weighted by molar-refractivity contribution is 5.59. The summed E-state index contributed by atoms with van der Waals surface area (Å²) in [4.78, 5) is 0. The Morgan fingerprint density at radius 2 is 1.73 bits per heavy atom. The summed E-state index contributed by atoms with van der Waals surface area (Å²) >= 11 is 0. The molecule has 2 aliphatic rings.